The second kappa shape index (κ2) is 11.9. The van der Waals surface area contributed by atoms with Crippen molar-refractivity contribution < 1.29 is 4.79 Å². The van der Waals surface area contributed by atoms with E-state index in [4.69, 9.17) is 0 Å². The molecule has 148 valence electrons. The van der Waals surface area contributed by atoms with E-state index in [1.165, 1.54) is 25.9 Å². The van der Waals surface area contributed by atoms with Gasteiger partial charge >= 0.3 is 0 Å². The van der Waals surface area contributed by atoms with Crippen LogP contribution in [0.4, 0.5) is 0 Å². The molecule has 1 unspecified atom stereocenters. The summed E-state index contributed by atoms with van der Waals surface area (Å²) in [6.07, 6.45) is 2.52. The molecular weight excluding hydrogens is 429 g/mol. The van der Waals surface area contributed by atoms with E-state index in [1.54, 1.807) is 7.05 Å². The number of aliphatic imine (C=N–C) groups is 1. The van der Waals surface area contributed by atoms with Gasteiger partial charge < -0.3 is 20.9 Å². The number of likely N-dealkylation sites (tertiary alicyclic amines) is 1. The van der Waals surface area contributed by atoms with E-state index >= 15 is 0 Å². The van der Waals surface area contributed by atoms with Crippen molar-refractivity contribution in [2.24, 2.45) is 16.8 Å². The van der Waals surface area contributed by atoms with Gasteiger partial charge in [-0.25, -0.2) is 0 Å². The largest absolute Gasteiger partial charge is 0.356 e. The predicted octanol–water partition coefficient (Wildman–Crippen LogP) is 2.05. The van der Waals surface area contributed by atoms with E-state index in [9.17, 15) is 4.79 Å². The van der Waals surface area contributed by atoms with Crippen LogP contribution in [0, 0.1) is 11.8 Å². The molecule has 0 spiro atoms. The lowest BCUT2D eigenvalue weighted by atomic mass is 9.97. The van der Waals surface area contributed by atoms with Crippen molar-refractivity contribution in [2.75, 3.05) is 39.8 Å². The van der Waals surface area contributed by atoms with Crippen molar-refractivity contribution in [3.05, 3.63) is 0 Å². The second-order valence-electron chi connectivity index (χ2n) is 8.27. The standard InChI is InChI=1S/C18H37N5O.HI/c1-14(2)12-23-9-7-8-15(13-23)10-20-17(19-6)21-11-16(24)22-18(3,4)5;/h14-15H,7-13H2,1-6H3,(H,22,24)(H2,19,20,21);1H. The SMILES string of the molecule is CN=C(NCC(=O)NC(C)(C)C)NCC1CCCN(CC(C)C)C1.I. The summed E-state index contributed by atoms with van der Waals surface area (Å²) in [5.41, 5.74) is -0.211. The maximum atomic E-state index is 11.9. The molecule has 1 amide bonds. The Morgan fingerprint density at radius 3 is 2.52 bits per heavy atom. The first-order chi connectivity index (χ1) is 11.2. The van der Waals surface area contributed by atoms with Gasteiger partial charge in [-0.15, -0.1) is 24.0 Å². The molecule has 1 atom stereocenters. The number of amides is 1. The number of piperidine rings is 1. The Morgan fingerprint density at radius 1 is 1.28 bits per heavy atom. The molecule has 6 nitrogen and oxygen atoms in total. The van der Waals surface area contributed by atoms with E-state index in [-0.39, 0.29) is 42.0 Å². The van der Waals surface area contributed by atoms with Gasteiger partial charge in [-0.05, 0) is 52.0 Å². The van der Waals surface area contributed by atoms with Crippen LogP contribution in [-0.4, -0.2) is 62.1 Å². The minimum absolute atomic E-state index is 0. The number of rotatable bonds is 6. The molecule has 1 saturated heterocycles. The molecule has 25 heavy (non-hydrogen) atoms. The van der Waals surface area contributed by atoms with Crippen molar-refractivity contribution in [3.63, 3.8) is 0 Å². The van der Waals surface area contributed by atoms with Crippen LogP contribution in [0.15, 0.2) is 4.99 Å². The van der Waals surface area contributed by atoms with Crippen molar-refractivity contribution in [1.29, 1.82) is 0 Å². The second-order valence-corrected chi connectivity index (χ2v) is 8.27. The molecule has 0 aromatic carbocycles. The van der Waals surface area contributed by atoms with Gasteiger partial charge in [-0.2, -0.15) is 0 Å². The van der Waals surface area contributed by atoms with Crippen LogP contribution in [0.5, 0.6) is 0 Å². The molecule has 1 aliphatic rings. The van der Waals surface area contributed by atoms with Crippen LogP contribution < -0.4 is 16.0 Å². The number of hydrogen-bond acceptors (Lipinski definition) is 3. The van der Waals surface area contributed by atoms with Crippen LogP contribution >= 0.6 is 24.0 Å². The van der Waals surface area contributed by atoms with Gasteiger partial charge in [0, 0.05) is 32.2 Å². The van der Waals surface area contributed by atoms with Gasteiger partial charge in [0.15, 0.2) is 5.96 Å². The third-order valence-corrected chi connectivity index (χ3v) is 3.94. The Hall–Kier alpha value is -0.570. The zero-order chi connectivity index (χ0) is 18.2. The van der Waals surface area contributed by atoms with Gasteiger partial charge in [0.1, 0.15) is 0 Å². The lowest BCUT2D eigenvalue weighted by Crippen LogP contribution is -2.49. The van der Waals surface area contributed by atoms with Crippen LogP contribution in [-0.2, 0) is 4.79 Å². The van der Waals surface area contributed by atoms with Crippen LogP contribution in [0.3, 0.4) is 0 Å². The first-order valence-electron chi connectivity index (χ1n) is 9.17. The lowest BCUT2D eigenvalue weighted by Gasteiger charge is -2.34. The average molecular weight is 467 g/mol. The summed E-state index contributed by atoms with van der Waals surface area (Å²) >= 11 is 0. The molecule has 1 aliphatic heterocycles. The number of nitrogens with zero attached hydrogens (tertiary/aromatic N) is 2. The van der Waals surface area contributed by atoms with Crippen LogP contribution in [0.2, 0.25) is 0 Å². The van der Waals surface area contributed by atoms with Gasteiger partial charge in [-0.1, -0.05) is 13.8 Å². The summed E-state index contributed by atoms with van der Waals surface area (Å²) in [6, 6.07) is 0. The van der Waals surface area contributed by atoms with Crippen molar-refractivity contribution in [1.82, 2.24) is 20.9 Å². The fraction of sp³-hybridized carbons (Fsp3) is 0.889. The molecule has 3 N–H and O–H groups in total. The third-order valence-electron chi connectivity index (χ3n) is 3.94. The summed E-state index contributed by atoms with van der Waals surface area (Å²) in [7, 11) is 1.74. The molecule has 1 heterocycles. The van der Waals surface area contributed by atoms with Gasteiger partial charge in [0.2, 0.25) is 5.91 Å². The Kier molecular flexibility index (Phi) is 11.7. The summed E-state index contributed by atoms with van der Waals surface area (Å²) in [5, 5.41) is 9.39. The van der Waals surface area contributed by atoms with Crippen LogP contribution in [0.1, 0.15) is 47.5 Å². The highest BCUT2D eigenvalue weighted by molar-refractivity contribution is 14.0. The summed E-state index contributed by atoms with van der Waals surface area (Å²) in [5.74, 6) is 2.03. The molecule has 0 aliphatic carbocycles. The molecule has 1 fully saturated rings. The smallest absolute Gasteiger partial charge is 0.239 e. The highest BCUT2D eigenvalue weighted by Crippen LogP contribution is 2.16. The molecule has 0 bridgehead atoms. The normalized spacial score (nSPS) is 19.3. The number of hydrogen-bond donors (Lipinski definition) is 3. The summed E-state index contributed by atoms with van der Waals surface area (Å²) < 4.78 is 0. The van der Waals surface area contributed by atoms with E-state index in [0.29, 0.717) is 17.8 Å². The van der Waals surface area contributed by atoms with Gasteiger partial charge in [0.25, 0.3) is 0 Å². The topological polar surface area (TPSA) is 68.8 Å². The number of guanidine groups is 1. The summed E-state index contributed by atoms with van der Waals surface area (Å²) in [4.78, 5) is 18.6. The summed E-state index contributed by atoms with van der Waals surface area (Å²) in [6.45, 7) is 15.2. The van der Waals surface area contributed by atoms with Crippen molar-refractivity contribution in [3.8, 4) is 0 Å². The number of carbonyl (C=O) groups excluding carboxylic acids is 1. The number of nitrogens with one attached hydrogen (secondary N) is 3. The first-order valence-corrected chi connectivity index (χ1v) is 9.17. The van der Waals surface area contributed by atoms with Gasteiger partial charge in [-0.3, -0.25) is 9.79 Å². The minimum Gasteiger partial charge on any atom is -0.356 e. The minimum atomic E-state index is -0.211. The molecule has 7 heteroatoms. The maximum Gasteiger partial charge on any atom is 0.239 e. The molecular formula is C18H38IN5O. The highest BCUT2D eigenvalue weighted by atomic mass is 127. The Balaban J connectivity index is 0.00000576. The Labute approximate surface area is 171 Å². The Bertz CT molecular complexity index is 420. The monoisotopic (exact) mass is 467 g/mol. The molecule has 0 saturated carbocycles. The van der Waals surface area contributed by atoms with E-state index in [2.05, 4.69) is 39.7 Å². The maximum absolute atomic E-state index is 11.9. The number of carbonyl (C=O) groups is 1. The van der Waals surface area contributed by atoms with E-state index < -0.39 is 0 Å². The lowest BCUT2D eigenvalue weighted by molar-refractivity contribution is -0.121. The van der Waals surface area contributed by atoms with Crippen LogP contribution in [0.25, 0.3) is 0 Å². The van der Waals surface area contributed by atoms with E-state index in [1.807, 2.05) is 20.8 Å². The molecule has 0 radical (unpaired) electrons. The zero-order valence-corrected chi connectivity index (χ0v) is 19.1. The molecule has 0 aromatic rings. The molecule has 1 rings (SSSR count). The quantitative estimate of drug-likeness (QED) is 0.318. The average Bonchev–Trinajstić information content (AvgIpc) is 2.45. The zero-order valence-electron chi connectivity index (χ0n) is 16.8. The molecule has 0 aromatic heterocycles. The van der Waals surface area contributed by atoms with Crippen molar-refractivity contribution in [2.45, 2.75) is 53.0 Å². The number of halogens is 1. The van der Waals surface area contributed by atoms with E-state index in [0.717, 1.165) is 13.1 Å². The Morgan fingerprint density at radius 2 is 1.96 bits per heavy atom. The fourth-order valence-electron chi connectivity index (χ4n) is 3.09. The van der Waals surface area contributed by atoms with Crippen molar-refractivity contribution >= 4 is 35.8 Å². The van der Waals surface area contributed by atoms with Gasteiger partial charge in [0.05, 0.1) is 6.54 Å². The highest BCUT2D eigenvalue weighted by Gasteiger charge is 2.20. The fourth-order valence-corrected chi connectivity index (χ4v) is 3.09. The predicted molar refractivity (Wildman–Crippen MR) is 117 cm³/mol. The third kappa shape index (κ3) is 11.6. The first kappa shape index (κ1) is 24.4.